The van der Waals surface area contributed by atoms with Gasteiger partial charge in [-0.25, -0.2) is 4.99 Å². The van der Waals surface area contributed by atoms with Crippen LogP contribution in [-0.2, 0) is 11.3 Å². The maximum atomic E-state index is 5.55. The van der Waals surface area contributed by atoms with Crippen molar-refractivity contribution in [2.45, 2.75) is 19.5 Å². The smallest absolute Gasteiger partial charge is 0.191 e. The third-order valence-corrected chi connectivity index (χ3v) is 5.63. The number of ether oxygens (including phenoxy) is 2. The Morgan fingerprint density at radius 1 is 1.21 bits per heavy atom. The van der Waals surface area contributed by atoms with E-state index in [1.54, 1.807) is 18.4 Å². The molecular formula is C21H30N4O2S. The Hall–Kier alpha value is -2.09. The Balaban J connectivity index is 1.70. The predicted molar refractivity (Wildman–Crippen MR) is 115 cm³/mol. The van der Waals surface area contributed by atoms with Gasteiger partial charge >= 0.3 is 0 Å². The van der Waals surface area contributed by atoms with E-state index in [1.807, 2.05) is 12.1 Å². The van der Waals surface area contributed by atoms with E-state index in [4.69, 9.17) is 14.5 Å². The zero-order chi connectivity index (χ0) is 19.6. The molecule has 1 aromatic carbocycles. The zero-order valence-electron chi connectivity index (χ0n) is 16.7. The molecule has 2 N–H and O–H groups in total. The summed E-state index contributed by atoms with van der Waals surface area (Å²) in [7, 11) is 1.70. The van der Waals surface area contributed by atoms with Gasteiger partial charge in [-0.3, -0.25) is 4.90 Å². The summed E-state index contributed by atoms with van der Waals surface area (Å²) in [5, 5.41) is 8.98. The highest BCUT2D eigenvalue weighted by Crippen LogP contribution is 2.23. The van der Waals surface area contributed by atoms with Crippen LogP contribution in [0.4, 0.5) is 0 Å². The molecule has 1 atom stereocenters. The first kappa shape index (κ1) is 20.6. The Kier molecular flexibility index (Phi) is 8.14. The SMILES string of the molecule is CCNC(=NCc1cccs1)NCC(c1ccc(OC)cc1)N1CCOCC1. The van der Waals surface area contributed by atoms with E-state index in [1.165, 1.54) is 10.4 Å². The standard InChI is InChI=1S/C21H30N4O2S/c1-3-22-21(23-15-19-5-4-14-28-19)24-16-20(25-10-12-27-13-11-25)17-6-8-18(26-2)9-7-17/h4-9,14,20H,3,10-13,15-16H2,1-2H3,(H2,22,23,24). The fourth-order valence-corrected chi connectivity index (χ4v) is 3.90. The van der Waals surface area contributed by atoms with Crippen molar-refractivity contribution in [3.05, 3.63) is 52.2 Å². The first-order valence-electron chi connectivity index (χ1n) is 9.80. The number of methoxy groups -OCH3 is 1. The molecule has 2 aromatic rings. The summed E-state index contributed by atoms with van der Waals surface area (Å²) in [6.07, 6.45) is 0. The number of nitrogens with one attached hydrogen (secondary N) is 2. The largest absolute Gasteiger partial charge is 0.497 e. The van der Waals surface area contributed by atoms with Crippen LogP contribution < -0.4 is 15.4 Å². The molecule has 0 aliphatic carbocycles. The first-order valence-corrected chi connectivity index (χ1v) is 10.7. The Morgan fingerprint density at radius 3 is 2.64 bits per heavy atom. The first-order chi connectivity index (χ1) is 13.8. The van der Waals surface area contributed by atoms with Crippen LogP contribution in [0, 0.1) is 0 Å². The van der Waals surface area contributed by atoms with Gasteiger partial charge in [-0.05, 0) is 36.1 Å². The number of hydrogen-bond acceptors (Lipinski definition) is 5. The summed E-state index contributed by atoms with van der Waals surface area (Å²) < 4.78 is 10.9. The van der Waals surface area contributed by atoms with Crippen LogP contribution in [0.2, 0.25) is 0 Å². The minimum atomic E-state index is 0.250. The van der Waals surface area contributed by atoms with Gasteiger partial charge < -0.3 is 20.1 Å². The molecule has 1 aliphatic rings. The van der Waals surface area contributed by atoms with Crippen molar-refractivity contribution in [3.8, 4) is 5.75 Å². The van der Waals surface area contributed by atoms with Crippen molar-refractivity contribution in [3.63, 3.8) is 0 Å². The van der Waals surface area contributed by atoms with E-state index in [0.717, 1.165) is 51.1 Å². The molecule has 6 nitrogen and oxygen atoms in total. The topological polar surface area (TPSA) is 58.1 Å². The van der Waals surface area contributed by atoms with Crippen molar-refractivity contribution >= 4 is 17.3 Å². The highest BCUT2D eigenvalue weighted by molar-refractivity contribution is 7.09. The molecule has 1 saturated heterocycles. The molecule has 1 aliphatic heterocycles. The number of rotatable bonds is 8. The molecular weight excluding hydrogens is 372 g/mol. The summed E-state index contributed by atoms with van der Waals surface area (Å²) in [6, 6.07) is 12.8. The number of nitrogens with zero attached hydrogens (tertiary/aromatic N) is 2. The lowest BCUT2D eigenvalue weighted by Gasteiger charge is -2.35. The Labute approximate surface area is 171 Å². The highest BCUT2D eigenvalue weighted by atomic mass is 32.1. The molecule has 0 radical (unpaired) electrons. The van der Waals surface area contributed by atoms with Gasteiger partial charge in [0.1, 0.15) is 5.75 Å². The average Bonchev–Trinajstić information content (AvgIpc) is 3.27. The second kappa shape index (κ2) is 11.0. The van der Waals surface area contributed by atoms with E-state index in [-0.39, 0.29) is 6.04 Å². The lowest BCUT2D eigenvalue weighted by atomic mass is 10.0. The lowest BCUT2D eigenvalue weighted by Crippen LogP contribution is -2.46. The number of hydrogen-bond donors (Lipinski definition) is 2. The number of aliphatic imine (C=N–C) groups is 1. The molecule has 0 saturated carbocycles. The molecule has 0 bridgehead atoms. The number of guanidine groups is 1. The molecule has 2 heterocycles. The zero-order valence-corrected chi connectivity index (χ0v) is 17.5. The molecule has 3 rings (SSSR count). The van der Waals surface area contributed by atoms with E-state index >= 15 is 0 Å². The Bertz CT molecular complexity index is 713. The summed E-state index contributed by atoms with van der Waals surface area (Å²) in [4.78, 5) is 8.47. The van der Waals surface area contributed by atoms with Crippen LogP contribution in [0.5, 0.6) is 5.75 Å². The summed E-state index contributed by atoms with van der Waals surface area (Å²) in [5.74, 6) is 1.73. The van der Waals surface area contributed by atoms with Crippen LogP contribution >= 0.6 is 11.3 Å². The molecule has 0 spiro atoms. The van der Waals surface area contributed by atoms with Crippen molar-refractivity contribution < 1.29 is 9.47 Å². The van der Waals surface area contributed by atoms with Gasteiger partial charge in [-0.1, -0.05) is 18.2 Å². The maximum Gasteiger partial charge on any atom is 0.191 e. The molecule has 28 heavy (non-hydrogen) atoms. The van der Waals surface area contributed by atoms with E-state index in [9.17, 15) is 0 Å². The van der Waals surface area contributed by atoms with Gasteiger partial charge in [-0.2, -0.15) is 0 Å². The minimum absolute atomic E-state index is 0.250. The van der Waals surface area contributed by atoms with Gasteiger partial charge in [0.05, 0.1) is 32.9 Å². The molecule has 7 heteroatoms. The van der Waals surface area contributed by atoms with E-state index in [2.05, 4.69) is 52.1 Å². The average molecular weight is 403 g/mol. The predicted octanol–water partition coefficient (Wildman–Crippen LogP) is 2.89. The molecule has 152 valence electrons. The van der Waals surface area contributed by atoms with Gasteiger partial charge in [0, 0.05) is 31.1 Å². The minimum Gasteiger partial charge on any atom is -0.497 e. The normalized spacial score (nSPS) is 16.6. The second-order valence-corrected chi connectivity index (χ2v) is 7.62. The summed E-state index contributed by atoms with van der Waals surface area (Å²) in [6.45, 7) is 7.81. The quantitative estimate of drug-likeness (QED) is 0.525. The highest BCUT2D eigenvalue weighted by Gasteiger charge is 2.23. The van der Waals surface area contributed by atoms with Crippen LogP contribution in [-0.4, -0.2) is 57.4 Å². The van der Waals surface area contributed by atoms with Crippen LogP contribution in [0.15, 0.2) is 46.8 Å². The molecule has 1 aromatic heterocycles. The fourth-order valence-electron chi connectivity index (χ4n) is 3.27. The van der Waals surface area contributed by atoms with Crippen LogP contribution in [0.25, 0.3) is 0 Å². The van der Waals surface area contributed by atoms with Crippen molar-refractivity contribution in [2.24, 2.45) is 4.99 Å². The molecule has 1 unspecified atom stereocenters. The van der Waals surface area contributed by atoms with Gasteiger partial charge in [0.2, 0.25) is 0 Å². The molecule has 1 fully saturated rings. The number of thiophene rings is 1. The van der Waals surface area contributed by atoms with Crippen LogP contribution in [0.1, 0.15) is 23.4 Å². The van der Waals surface area contributed by atoms with Crippen LogP contribution in [0.3, 0.4) is 0 Å². The molecule has 0 amide bonds. The third kappa shape index (κ3) is 5.95. The number of benzene rings is 1. The summed E-state index contributed by atoms with van der Waals surface area (Å²) >= 11 is 1.73. The van der Waals surface area contributed by atoms with Gasteiger partial charge in [-0.15, -0.1) is 11.3 Å². The van der Waals surface area contributed by atoms with E-state index in [0.29, 0.717) is 6.54 Å². The Morgan fingerprint density at radius 2 is 2.00 bits per heavy atom. The second-order valence-electron chi connectivity index (χ2n) is 6.59. The van der Waals surface area contributed by atoms with Crippen molar-refractivity contribution in [2.75, 3.05) is 46.5 Å². The number of morpholine rings is 1. The van der Waals surface area contributed by atoms with Gasteiger partial charge in [0.25, 0.3) is 0 Å². The lowest BCUT2D eigenvalue weighted by molar-refractivity contribution is 0.0170. The summed E-state index contributed by atoms with van der Waals surface area (Å²) in [5.41, 5.74) is 1.27. The van der Waals surface area contributed by atoms with E-state index < -0.39 is 0 Å². The third-order valence-electron chi connectivity index (χ3n) is 4.77. The van der Waals surface area contributed by atoms with Crippen molar-refractivity contribution in [1.82, 2.24) is 15.5 Å². The van der Waals surface area contributed by atoms with Gasteiger partial charge in [0.15, 0.2) is 5.96 Å². The maximum absolute atomic E-state index is 5.55. The monoisotopic (exact) mass is 402 g/mol. The van der Waals surface area contributed by atoms with Crippen molar-refractivity contribution in [1.29, 1.82) is 0 Å². The fraction of sp³-hybridized carbons (Fsp3) is 0.476.